The number of rotatable bonds is 12. The van der Waals surface area contributed by atoms with Crippen molar-refractivity contribution in [3.63, 3.8) is 0 Å². The lowest BCUT2D eigenvalue weighted by atomic mass is 9.98. The highest BCUT2D eigenvalue weighted by Crippen LogP contribution is 2.38. The summed E-state index contributed by atoms with van der Waals surface area (Å²) in [6.45, 7) is 16.1. The largest absolute Gasteiger partial charge is 0.461 e. The molecule has 0 spiro atoms. The first-order valence-corrected chi connectivity index (χ1v) is 33.3. The zero-order valence-electron chi connectivity index (χ0n) is 48.9. The van der Waals surface area contributed by atoms with Gasteiger partial charge in [0.25, 0.3) is 20.1 Å². The van der Waals surface area contributed by atoms with Gasteiger partial charge in [-0.05, 0) is 130 Å². The Morgan fingerprint density at radius 3 is 1.42 bits per heavy atom. The van der Waals surface area contributed by atoms with E-state index in [1.807, 2.05) is 123 Å². The molecule has 0 aliphatic carbocycles. The summed E-state index contributed by atoms with van der Waals surface area (Å²) in [5.41, 5.74) is 17.7. The molecule has 1 amide bonds. The van der Waals surface area contributed by atoms with Gasteiger partial charge in [0, 0.05) is 97.4 Å². The first-order chi connectivity index (χ1) is 39.6. The van der Waals surface area contributed by atoms with Crippen LogP contribution in [-0.2, 0) is 66.0 Å². The van der Waals surface area contributed by atoms with Gasteiger partial charge in [-0.15, -0.1) is 17.4 Å². The van der Waals surface area contributed by atoms with E-state index in [4.69, 9.17) is 20.4 Å². The number of pyridine rings is 4. The van der Waals surface area contributed by atoms with Crippen LogP contribution < -0.4 is 11.1 Å². The van der Waals surface area contributed by atoms with Gasteiger partial charge in [-0.2, -0.15) is 0 Å². The minimum absolute atomic E-state index is 0.0518. The van der Waals surface area contributed by atoms with Crippen molar-refractivity contribution in [3.05, 3.63) is 215 Å². The zero-order chi connectivity index (χ0) is 60.0. The third kappa shape index (κ3) is 17.1. The summed E-state index contributed by atoms with van der Waals surface area (Å²) in [5.74, 6) is 5.48. The fourth-order valence-electron chi connectivity index (χ4n) is 8.97. The van der Waals surface area contributed by atoms with Crippen LogP contribution in [0.3, 0.4) is 0 Å². The molecule has 6 heterocycles. The molecule has 4 aromatic carbocycles. The predicted molar refractivity (Wildman–Crippen MR) is 331 cm³/mol. The lowest BCUT2D eigenvalue weighted by molar-refractivity contribution is 0.0519. The van der Waals surface area contributed by atoms with Crippen LogP contribution in [0.1, 0.15) is 103 Å². The van der Waals surface area contributed by atoms with Crippen LogP contribution in [0.5, 0.6) is 0 Å². The van der Waals surface area contributed by atoms with E-state index in [2.05, 4.69) is 38.7 Å². The number of hydrogen-bond donors (Lipinski definition) is 2. The Labute approximate surface area is 496 Å². The first-order valence-electron chi connectivity index (χ1n) is 27.6. The Bertz CT molecular complexity index is 3580. The van der Waals surface area contributed by atoms with Gasteiger partial charge in [0.15, 0.2) is 0 Å². The van der Waals surface area contributed by atoms with Crippen LogP contribution in [0, 0.1) is 11.6 Å². The molecule has 0 bridgehead atoms. The number of amides is 1. The van der Waals surface area contributed by atoms with Gasteiger partial charge in [0.05, 0.1) is 27.5 Å². The highest BCUT2D eigenvalue weighted by atomic mass is 32.2. The molecule has 2 atom stereocenters. The highest BCUT2D eigenvalue weighted by Gasteiger charge is 2.35. The summed E-state index contributed by atoms with van der Waals surface area (Å²) < 4.78 is 61.2. The number of fused-ring (bicyclic) bond motifs is 2. The van der Waals surface area contributed by atoms with E-state index in [1.54, 1.807) is 74.0 Å². The molecule has 13 nitrogen and oxygen atoms in total. The third-order valence-electron chi connectivity index (χ3n) is 12.9. The molecule has 0 saturated heterocycles. The number of ether oxygens (including phenoxy) is 1. The minimum atomic E-state index is -1.23. The second kappa shape index (κ2) is 29.0. The van der Waals surface area contributed by atoms with Crippen molar-refractivity contribution in [1.29, 1.82) is 0 Å². The predicted octanol–water partition coefficient (Wildman–Crippen LogP) is 13.1. The van der Waals surface area contributed by atoms with Crippen molar-refractivity contribution in [1.82, 2.24) is 33.9 Å². The molecule has 0 unspecified atom stereocenters. The van der Waals surface area contributed by atoms with Gasteiger partial charge >= 0.3 is 5.97 Å². The van der Waals surface area contributed by atoms with Gasteiger partial charge in [0.2, 0.25) is 0 Å². The number of aromatic nitrogens is 4. The topological polar surface area (TPSA) is 174 Å². The SMILES string of the molecule is CC(C)(C)[S@@](=O)N1Cc2cc(C(=O)NCc3ccccc3F)nc(-c3cccc(-c4cccnc4)c3)c2C1.CCOC(=O)c1cc2c(c(-c3cccc(-c4cccnc4)c3)n1)CN([S@](=O)C(C)(C)C)C2.NCc1ccccc1F.[CH3][Al]([CH3])[CH3]. The van der Waals surface area contributed by atoms with Crippen LogP contribution in [0.2, 0.25) is 17.4 Å². The number of halogens is 2. The maximum atomic E-state index is 14.1. The van der Waals surface area contributed by atoms with E-state index in [1.165, 1.54) is 12.1 Å². The number of nitrogens with two attached hydrogens (primary N) is 1. The highest BCUT2D eigenvalue weighted by molar-refractivity contribution is 7.84. The second-order valence-electron chi connectivity index (χ2n) is 22.5. The molecule has 2 aliphatic heterocycles. The fraction of sp³-hybridized carbons (Fsp3) is 0.292. The average Bonchev–Trinajstić information content (AvgIpc) is 4.31. The Kier molecular flexibility index (Phi) is 22.2. The van der Waals surface area contributed by atoms with Gasteiger partial charge in [0.1, 0.15) is 45.0 Å². The van der Waals surface area contributed by atoms with Crippen molar-refractivity contribution in [2.75, 3.05) is 6.61 Å². The van der Waals surface area contributed by atoms with E-state index in [0.717, 1.165) is 61.3 Å². The molecule has 3 N–H and O–H groups in total. The van der Waals surface area contributed by atoms with Gasteiger partial charge < -0.3 is 15.8 Å². The number of nitrogens with zero attached hydrogens (tertiary/aromatic N) is 6. The number of carbonyl (C=O) groups excluding carboxylic acids is 2. The van der Waals surface area contributed by atoms with E-state index in [-0.39, 0.29) is 61.6 Å². The quantitative estimate of drug-likeness (QED) is 0.0885. The minimum Gasteiger partial charge on any atom is -0.461 e. The Hall–Kier alpha value is -7.01. The molecule has 83 heavy (non-hydrogen) atoms. The summed E-state index contributed by atoms with van der Waals surface area (Å²) in [4.78, 5) is 43.7. The van der Waals surface area contributed by atoms with Gasteiger partial charge in [-0.3, -0.25) is 14.8 Å². The van der Waals surface area contributed by atoms with E-state index < -0.39 is 38.6 Å². The Morgan fingerprint density at radius 2 is 1.01 bits per heavy atom. The van der Waals surface area contributed by atoms with Crippen LogP contribution in [0.15, 0.2) is 158 Å². The van der Waals surface area contributed by atoms with Crippen LogP contribution in [0.4, 0.5) is 8.78 Å². The number of hydrogen-bond acceptors (Lipinski definition) is 10. The van der Waals surface area contributed by atoms with E-state index in [9.17, 15) is 26.8 Å². The number of nitrogens with one attached hydrogen (secondary N) is 1. The third-order valence-corrected chi connectivity index (χ3v) is 16.4. The molecule has 4 aromatic heterocycles. The number of esters is 1. The summed E-state index contributed by atoms with van der Waals surface area (Å²) in [7, 11) is -2.41. The molecule has 18 heteroatoms. The van der Waals surface area contributed by atoms with Crippen LogP contribution in [0.25, 0.3) is 44.8 Å². The van der Waals surface area contributed by atoms with E-state index >= 15 is 0 Å². The second-order valence-corrected chi connectivity index (χ2v) is 30.4. The summed E-state index contributed by atoms with van der Waals surface area (Å²) in [6.07, 6.45) is 7.10. The maximum Gasteiger partial charge on any atom is 0.356 e. The zero-order valence-corrected chi connectivity index (χ0v) is 51.7. The fourth-order valence-corrected chi connectivity index (χ4v) is 11.5. The molecule has 0 saturated carbocycles. The lowest BCUT2D eigenvalue weighted by Gasteiger charge is -2.24. The Balaban J connectivity index is 0.000000198. The summed E-state index contributed by atoms with van der Waals surface area (Å²) in [6, 6.07) is 40.2. The van der Waals surface area contributed by atoms with Crippen molar-refractivity contribution in [2.24, 2.45) is 5.73 Å². The average molecular weight is 1180 g/mol. The number of benzene rings is 4. The number of carbonyl (C=O) groups is 2. The van der Waals surface area contributed by atoms with Crippen molar-refractivity contribution in [3.8, 4) is 44.8 Å². The van der Waals surface area contributed by atoms with E-state index in [0.29, 0.717) is 43.0 Å². The smallest absolute Gasteiger partial charge is 0.356 e. The Morgan fingerprint density at radius 1 is 0.590 bits per heavy atom. The molecule has 10 rings (SSSR count). The molecule has 8 aromatic rings. The van der Waals surface area contributed by atoms with Crippen molar-refractivity contribution in [2.45, 2.75) is 115 Å². The molecule has 432 valence electrons. The van der Waals surface area contributed by atoms with Crippen LogP contribution in [-0.4, -0.2) is 79.1 Å². The maximum absolute atomic E-state index is 14.1. The lowest BCUT2D eigenvalue weighted by Crippen LogP contribution is -2.34. The molecule has 0 fully saturated rings. The first kappa shape index (κ1) is 63.6. The normalized spacial score (nSPS) is 13.6. The summed E-state index contributed by atoms with van der Waals surface area (Å²) >= 11 is -0.139. The molecule has 0 radical (unpaired) electrons. The standard InChI is InChI=1S/C30H29FN4O2S.C25H27N3O3S.C7H8FN.3CH3.Al/c1-30(2,3)38(37)35-18-24-15-27(29(36)33-17-23-8-4-5-12-26(23)31)34-28(25(24)19-35)21-10-6-9-20(14-21)22-11-7-13-32-16-22;1-5-31-24(29)22-13-20-15-28(32(30)25(2,3)4)16-21(20)23(27-22)18-9-6-8-17(12-18)19-10-7-11-26-14-19;8-7-4-2-1-3-6(7)5-9;;;;/h4-16H,17-19H2,1-3H3,(H,33,36);6-14H,5,15-16H2,1-4H3;1-4H,5,9H2;3*1H3;/t38-;32-;;;;;/m11...../s1. The molecule has 2 aliphatic rings. The van der Waals surface area contributed by atoms with Gasteiger partial charge in [-0.1, -0.05) is 84.9 Å². The summed E-state index contributed by atoms with van der Waals surface area (Å²) in [5, 5.41) is 2.80. The molecular weight excluding hydrogens is 1100 g/mol. The van der Waals surface area contributed by atoms with Crippen LogP contribution >= 0.6 is 0 Å². The van der Waals surface area contributed by atoms with Gasteiger partial charge in [-0.25, -0.2) is 40.6 Å². The monoisotopic (exact) mass is 1170 g/mol. The van der Waals surface area contributed by atoms with Crippen molar-refractivity contribution < 1.29 is 31.5 Å². The van der Waals surface area contributed by atoms with Crippen molar-refractivity contribution >= 4 is 48.0 Å². The molecular formula is C65H73AlF2N8O5S2.